The van der Waals surface area contributed by atoms with Gasteiger partial charge in [0.25, 0.3) is 5.91 Å². The summed E-state index contributed by atoms with van der Waals surface area (Å²) in [6.07, 6.45) is 3.01. The number of ether oxygens (including phenoxy) is 1. The summed E-state index contributed by atoms with van der Waals surface area (Å²) in [6.45, 7) is 3.65. The molecular weight excluding hydrogens is 608 g/mol. The van der Waals surface area contributed by atoms with E-state index >= 15 is 0 Å². The molecule has 6 rings (SSSR count). The number of hydrogen-bond donors (Lipinski definition) is 3. The topological polar surface area (TPSA) is 99.8 Å². The van der Waals surface area contributed by atoms with Gasteiger partial charge in [0.05, 0.1) is 6.04 Å². The van der Waals surface area contributed by atoms with Gasteiger partial charge in [-0.05, 0) is 92.5 Å². The van der Waals surface area contributed by atoms with Crippen LogP contribution >= 0.6 is 27.5 Å². The van der Waals surface area contributed by atoms with Crippen molar-refractivity contribution in [1.29, 1.82) is 0 Å². The van der Waals surface area contributed by atoms with Gasteiger partial charge in [-0.1, -0.05) is 33.6 Å². The molecule has 212 valence electrons. The molecule has 3 amide bonds. The predicted molar refractivity (Wildman–Crippen MR) is 161 cm³/mol. The van der Waals surface area contributed by atoms with E-state index in [4.69, 9.17) is 16.3 Å². The first-order chi connectivity index (χ1) is 19.8. The highest BCUT2D eigenvalue weighted by molar-refractivity contribution is 9.10. The van der Waals surface area contributed by atoms with Crippen LogP contribution in [0.25, 0.3) is 0 Å². The zero-order valence-electron chi connectivity index (χ0n) is 22.3. The fraction of sp³-hybridized carbons (Fsp3) is 0.323. The minimum absolute atomic E-state index is 0.127. The Balaban J connectivity index is 1.25. The highest BCUT2D eigenvalue weighted by Crippen LogP contribution is 2.53. The fourth-order valence-corrected chi connectivity index (χ4v) is 6.68. The Bertz CT molecular complexity index is 1510. The highest BCUT2D eigenvalue weighted by Gasteiger charge is 2.56. The molecule has 3 aliphatic rings. The van der Waals surface area contributed by atoms with Crippen molar-refractivity contribution < 1.29 is 19.1 Å². The van der Waals surface area contributed by atoms with Gasteiger partial charge in [-0.3, -0.25) is 14.4 Å². The monoisotopic (exact) mass is 636 g/mol. The molecule has 3 N–H and O–H groups in total. The third-order valence-corrected chi connectivity index (χ3v) is 8.93. The lowest BCUT2D eigenvalue weighted by atomic mass is 9.67. The number of rotatable bonds is 7. The van der Waals surface area contributed by atoms with Crippen LogP contribution in [-0.2, 0) is 15.0 Å². The average Bonchev–Trinajstić information content (AvgIpc) is 3.57. The Labute approximate surface area is 251 Å². The Morgan fingerprint density at radius 2 is 1.85 bits per heavy atom. The summed E-state index contributed by atoms with van der Waals surface area (Å²) >= 11 is 9.77. The molecule has 2 fully saturated rings. The molecule has 3 aromatic rings. The summed E-state index contributed by atoms with van der Waals surface area (Å²) in [4.78, 5) is 41.3. The first-order valence-electron chi connectivity index (χ1n) is 13.8. The summed E-state index contributed by atoms with van der Waals surface area (Å²) in [5.41, 5.74) is 1.63. The second-order valence-electron chi connectivity index (χ2n) is 10.7. The van der Waals surface area contributed by atoms with Gasteiger partial charge < -0.3 is 25.6 Å². The summed E-state index contributed by atoms with van der Waals surface area (Å²) in [7, 11) is 0. The first kappa shape index (κ1) is 27.8. The molecule has 41 heavy (non-hydrogen) atoms. The lowest BCUT2D eigenvalue weighted by Gasteiger charge is -2.40. The predicted octanol–water partition coefficient (Wildman–Crippen LogP) is 5.56. The Morgan fingerprint density at radius 3 is 2.63 bits per heavy atom. The zero-order chi connectivity index (χ0) is 28.6. The Morgan fingerprint density at radius 1 is 1.07 bits per heavy atom. The molecule has 3 aromatic carbocycles. The highest BCUT2D eigenvalue weighted by atomic mass is 79.9. The Hall–Kier alpha value is -3.40. The molecule has 0 saturated carbocycles. The second-order valence-corrected chi connectivity index (χ2v) is 12.1. The SMILES string of the molecule is O=C1CC[C@]2(C(=O)Nc3cc(Cl)ccc32)[C@@H](c2cc(Br)ccc2Oc2ccc(C(=O)NCCN3CCCC3)cc2)N1. The van der Waals surface area contributed by atoms with Crippen LogP contribution in [-0.4, -0.2) is 48.8 Å². The van der Waals surface area contributed by atoms with E-state index in [2.05, 4.69) is 36.8 Å². The number of carbonyl (C=O) groups is 3. The van der Waals surface area contributed by atoms with Gasteiger partial charge >= 0.3 is 0 Å². The number of hydrogen-bond acceptors (Lipinski definition) is 5. The van der Waals surface area contributed by atoms with Crippen molar-refractivity contribution in [3.05, 3.63) is 86.8 Å². The molecule has 10 heteroatoms. The summed E-state index contributed by atoms with van der Waals surface area (Å²) in [6, 6.07) is 17.2. The molecule has 0 aromatic heterocycles. The third kappa shape index (κ3) is 5.46. The summed E-state index contributed by atoms with van der Waals surface area (Å²) < 4.78 is 7.10. The van der Waals surface area contributed by atoms with E-state index in [-0.39, 0.29) is 24.1 Å². The summed E-state index contributed by atoms with van der Waals surface area (Å²) in [5.74, 6) is 0.574. The largest absolute Gasteiger partial charge is 0.457 e. The molecule has 2 atom stereocenters. The van der Waals surface area contributed by atoms with E-state index < -0.39 is 11.5 Å². The minimum Gasteiger partial charge on any atom is -0.457 e. The van der Waals surface area contributed by atoms with E-state index in [1.54, 1.807) is 36.4 Å². The van der Waals surface area contributed by atoms with Gasteiger partial charge in [0, 0.05) is 45.8 Å². The molecule has 0 bridgehead atoms. The van der Waals surface area contributed by atoms with Gasteiger partial charge in [0.2, 0.25) is 11.8 Å². The number of fused-ring (bicyclic) bond motifs is 2. The zero-order valence-corrected chi connectivity index (χ0v) is 24.7. The third-order valence-electron chi connectivity index (χ3n) is 8.20. The molecule has 0 unspecified atom stereocenters. The van der Waals surface area contributed by atoms with Crippen molar-refractivity contribution >= 4 is 50.9 Å². The van der Waals surface area contributed by atoms with Crippen molar-refractivity contribution in [3.63, 3.8) is 0 Å². The molecule has 0 radical (unpaired) electrons. The van der Waals surface area contributed by atoms with Crippen LogP contribution < -0.4 is 20.7 Å². The quantitative estimate of drug-likeness (QED) is 0.315. The molecule has 2 saturated heterocycles. The van der Waals surface area contributed by atoms with Gasteiger partial charge in [0.1, 0.15) is 16.9 Å². The van der Waals surface area contributed by atoms with E-state index in [9.17, 15) is 14.4 Å². The van der Waals surface area contributed by atoms with Crippen LogP contribution in [0.5, 0.6) is 11.5 Å². The van der Waals surface area contributed by atoms with E-state index in [0.29, 0.717) is 46.3 Å². The van der Waals surface area contributed by atoms with Gasteiger partial charge in [-0.2, -0.15) is 0 Å². The van der Waals surface area contributed by atoms with Gasteiger partial charge in [-0.15, -0.1) is 0 Å². The van der Waals surface area contributed by atoms with E-state index in [1.165, 1.54) is 12.8 Å². The van der Waals surface area contributed by atoms with E-state index in [1.807, 2.05) is 24.3 Å². The molecule has 3 heterocycles. The number of halogens is 2. The van der Waals surface area contributed by atoms with Crippen LogP contribution in [0.2, 0.25) is 5.02 Å². The number of anilines is 1. The lowest BCUT2D eigenvalue weighted by molar-refractivity contribution is -0.130. The fourth-order valence-electron chi connectivity index (χ4n) is 6.13. The Kier molecular flexibility index (Phi) is 7.76. The number of benzene rings is 3. The standard InChI is InChI=1S/C31H30BrClN4O4/c32-20-5-10-26(41-22-7-3-19(4-8-22)29(39)34-13-16-37-14-1-2-15-37)23(17-20)28-31(12-11-27(38)36-28)24-9-6-21(33)18-25(24)35-30(31)40/h3-10,17-18,28H,1-2,11-16H2,(H,34,39)(H,35,40)(H,36,38)/t28-,31-/m1/s1. The second kappa shape index (κ2) is 11.5. The molecule has 3 aliphatic heterocycles. The van der Waals surface area contributed by atoms with Crippen molar-refractivity contribution in [2.75, 3.05) is 31.5 Å². The number of amides is 3. The summed E-state index contributed by atoms with van der Waals surface area (Å²) in [5, 5.41) is 9.56. The van der Waals surface area contributed by atoms with Crippen LogP contribution in [0.1, 0.15) is 53.2 Å². The van der Waals surface area contributed by atoms with Crippen molar-refractivity contribution in [2.24, 2.45) is 0 Å². The number of carbonyl (C=O) groups excluding carboxylic acids is 3. The van der Waals surface area contributed by atoms with Crippen molar-refractivity contribution in [1.82, 2.24) is 15.5 Å². The van der Waals surface area contributed by atoms with Crippen LogP contribution in [0, 0.1) is 0 Å². The number of nitrogens with one attached hydrogen (secondary N) is 3. The maximum atomic E-state index is 13.6. The van der Waals surface area contributed by atoms with Crippen LogP contribution in [0.4, 0.5) is 5.69 Å². The smallest absolute Gasteiger partial charge is 0.251 e. The van der Waals surface area contributed by atoms with Gasteiger partial charge in [0.15, 0.2) is 0 Å². The van der Waals surface area contributed by atoms with Crippen molar-refractivity contribution in [2.45, 2.75) is 37.1 Å². The molecular formula is C31H30BrClN4O4. The number of likely N-dealkylation sites (tertiary alicyclic amines) is 1. The maximum absolute atomic E-state index is 13.6. The van der Waals surface area contributed by atoms with Gasteiger partial charge in [-0.25, -0.2) is 0 Å². The average molecular weight is 638 g/mol. The first-order valence-corrected chi connectivity index (χ1v) is 15.0. The minimum atomic E-state index is -1.02. The van der Waals surface area contributed by atoms with Crippen LogP contribution in [0.15, 0.2) is 65.1 Å². The van der Waals surface area contributed by atoms with E-state index in [0.717, 1.165) is 29.7 Å². The molecule has 8 nitrogen and oxygen atoms in total. The number of nitrogens with zero attached hydrogens (tertiary/aromatic N) is 1. The number of piperidine rings is 1. The molecule has 0 aliphatic carbocycles. The normalized spacial score (nSPS) is 21.9. The van der Waals surface area contributed by atoms with Crippen molar-refractivity contribution in [3.8, 4) is 11.5 Å². The molecule has 1 spiro atoms. The lowest BCUT2D eigenvalue weighted by Crippen LogP contribution is -2.52. The maximum Gasteiger partial charge on any atom is 0.251 e. The van der Waals surface area contributed by atoms with Crippen LogP contribution in [0.3, 0.4) is 0 Å².